The summed E-state index contributed by atoms with van der Waals surface area (Å²) in [6, 6.07) is 16.1. The zero-order valence-electron chi connectivity index (χ0n) is 15.6. The second kappa shape index (κ2) is 7.00. The van der Waals surface area contributed by atoms with Crippen LogP contribution in [0.15, 0.2) is 60.9 Å². The average molecular weight is 400 g/mol. The Morgan fingerprint density at radius 3 is 2.37 bits per heavy atom. The lowest BCUT2D eigenvalue weighted by Gasteiger charge is -2.14. The Hall–Kier alpha value is -4.20. The molecule has 0 aliphatic heterocycles. The number of aromatic amines is 1. The van der Waals surface area contributed by atoms with Crippen molar-refractivity contribution in [2.75, 3.05) is 11.9 Å². The molecular formula is C22H16N4O4. The Labute approximate surface area is 170 Å². The minimum Gasteiger partial charge on any atom is -0.478 e. The molecule has 2 heterocycles. The van der Waals surface area contributed by atoms with Crippen LogP contribution in [-0.4, -0.2) is 39.0 Å². The average Bonchev–Trinajstić information content (AvgIpc) is 3.31. The van der Waals surface area contributed by atoms with Crippen LogP contribution in [0.3, 0.4) is 0 Å². The van der Waals surface area contributed by atoms with E-state index in [0.29, 0.717) is 5.52 Å². The molecule has 0 bridgehead atoms. The molecule has 2 aromatic carbocycles. The number of H-pyrrole nitrogens is 1. The molecule has 1 aliphatic rings. The second-order valence-electron chi connectivity index (χ2n) is 6.94. The predicted octanol–water partition coefficient (Wildman–Crippen LogP) is 4.02. The summed E-state index contributed by atoms with van der Waals surface area (Å²) >= 11 is 0. The smallest absolute Gasteiger partial charge is 0.412 e. The van der Waals surface area contributed by atoms with Crippen LogP contribution in [0, 0.1) is 0 Å². The maximum Gasteiger partial charge on any atom is 0.412 e. The highest BCUT2D eigenvalue weighted by Gasteiger charge is 2.29. The van der Waals surface area contributed by atoms with Crippen molar-refractivity contribution in [1.82, 2.24) is 15.2 Å². The van der Waals surface area contributed by atoms with Gasteiger partial charge in [-0.2, -0.15) is 5.10 Å². The molecule has 1 aliphatic carbocycles. The number of carboxylic acid groups (broad SMARTS) is 1. The maximum atomic E-state index is 12.5. The van der Waals surface area contributed by atoms with Crippen molar-refractivity contribution in [2.24, 2.45) is 0 Å². The Balaban J connectivity index is 1.37. The van der Waals surface area contributed by atoms with Gasteiger partial charge in [0.15, 0.2) is 5.82 Å². The van der Waals surface area contributed by atoms with Gasteiger partial charge in [0.05, 0.1) is 22.7 Å². The van der Waals surface area contributed by atoms with Crippen molar-refractivity contribution in [2.45, 2.75) is 5.92 Å². The van der Waals surface area contributed by atoms with Gasteiger partial charge in [-0.1, -0.05) is 48.5 Å². The van der Waals surface area contributed by atoms with E-state index < -0.39 is 12.1 Å². The van der Waals surface area contributed by atoms with Crippen molar-refractivity contribution in [3.8, 4) is 11.1 Å². The van der Waals surface area contributed by atoms with Crippen molar-refractivity contribution in [3.05, 3.63) is 77.6 Å². The molecule has 4 aromatic rings. The third-order valence-corrected chi connectivity index (χ3v) is 5.27. The number of benzene rings is 2. The topological polar surface area (TPSA) is 117 Å². The zero-order valence-corrected chi connectivity index (χ0v) is 15.6. The quantitative estimate of drug-likeness (QED) is 0.476. The number of hydrogen-bond donors (Lipinski definition) is 3. The summed E-state index contributed by atoms with van der Waals surface area (Å²) in [5, 5.41) is 18.8. The number of rotatable bonds is 4. The fourth-order valence-electron chi connectivity index (χ4n) is 3.96. The molecule has 0 unspecified atom stereocenters. The van der Waals surface area contributed by atoms with E-state index in [4.69, 9.17) is 4.74 Å². The number of aromatic nitrogens is 3. The molecule has 8 heteroatoms. The minimum atomic E-state index is -1.16. The first kappa shape index (κ1) is 17.9. The molecule has 1 amide bonds. The van der Waals surface area contributed by atoms with Crippen LogP contribution in [-0.2, 0) is 4.74 Å². The first-order valence-electron chi connectivity index (χ1n) is 9.31. The monoisotopic (exact) mass is 400 g/mol. The van der Waals surface area contributed by atoms with Gasteiger partial charge >= 0.3 is 12.1 Å². The van der Waals surface area contributed by atoms with Crippen LogP contribution in [0.5, 0.6) is 0 Å². The lowest BCUT2D eigenvalue weighted by molar-refractivity contribution is 0.0698. The van der Waals surface area contributed by atoms with E-state index in [1.54, 1.807) is 0 Å². The van der Waals surface area contributed by atoms with E-state index in [-0.39, 0.29) is 29.3 Å². The van der Waals surface area contributed by atoms with E-state index in [0.717, 1.165) is 22.3 Å². The van der Waals surface area contributed by atoms with Crippen molar-refractivity contribution in [1.29, 1.82) is 0 Å². The highest BCUT2D eigenvalue weighted by molar-refractivity contribution is 6.08. The normalized spacial score (nSPS) is 12.4. The number of amides is 1. The van der Waals surface area contributed by atoms with Crippen LogP contribution in [0.25, 0.3) is 22.0 Å². The number of ether oxygens (including phenoxy) is 1. The molecule has 8 nitrogen and oxygen atoms in total. The molecule has 148 valence electrons. The summed E-state index contributed by atoms with van der Waals surface area (Å²) in [7, 11) is 0. The SMILES string of the molecule is O=C(Nc1n[nH]c2cncc(C(=O)O)c12)OCC1c2ccccc2-c2ccccc21. The molecule has 0 radical (unpaired) electrons. The number of hydrogen-bond acceptors (Lipinski definition) is 5. The van der Waals surface area contributed by atoms with Gasteiger partial charge in [-0.25, -0.2) is 9.59 Å². The zero-order chi connectivity index (χ0) is 20.7. The second-order valence-corrected chi connectivity index (χ2v) is 6.94. The van der Waals surface area contributed by atoms with E-state index in [1.165, 1.54) is 12.4 Å². The lowest BCUT2D eigenvalue weighted by atomic mass is 9.98. The first-order valence-corrected chi connectivity index (χ1v) is 9.31. The minimum absolute atomic E-state index is 0.0600. The van der Waals surface area contributed by atoms with Gasteiger partial charge in [0.25, 0.3) is 0 Å². The molecule has 30 heavy (non-hydrogen) atoms. The van der Waals surface area contributed by atoms with Crippen molar-refractivity contribution >= 4 is 28.8 Å². The molecular weight excluding hydrogens is 384 g/mol. The van der Waals surface area contributed by atoms with Crippen molar-refractivity contribution < 1.29 is 19.4 Å². The fourth-order valence-corrected chi connectivity index (χ4v) is 3.96. The van der Waals surface area contributed by atoms with Gasteiger partial charge < -0.3 is 9.84 Å². The number of nitrogens with one attached hydrogen (secondary N) is 2. The van der Waals surface area contributed by atoms with E-state index in [1.807, 2.05) is 36.4 Å². The summed E-state index contributed by atoms with van der Waals surface area (Å²) < 4.78 is 5.50. The fraction of sp³-hybridized carbons (Fsp3) is 0.0909. The van der Waals surface area contributed by atoms with Crippen LogP contribution >= 0.6 is 0 Å². The molecule has 0 saturated heterocycles. The third-order valence-electron chi connectivity index (χ3n) is 5.27. The van der Waals surface area contributed by atoms with E-state index in [2.05, 4.69) is 32.6 Å². The lowest BCUT2D eigenvalue weighted by Crippen LogP contribution is -2.18. The molecule has 0 spiro atoms. The summed E-state index contributed by atoms with van der Waals surface area (Å²) in [4.78, 5) is 27.8. The number of anilines is 1. The molecule has 2 aromatic heterocycles. The van der Waals surface area contributed by atoms with E-state index in [9.17, 15) is 14.7 Å². The number of carbonyl (C=O) groups excluding carboxylic acids is 1. The summed E-state index contributed by atoms with van der Waals surface area (Å²) in [5.74, 6) is -1.15. The van der Waals surface area contributed by atoms with Crippen LogP contribution in [0.2, 0.25) is 0 Å². The Morgan fingerprint density at radius 1 is 1.03 bits per heavy atom. The Kier molecular flexibility index (Phi) is 4.17. The van der Waals surface area contributed by atoms with E-state index >= 15 is 0 Å². The number of aromatic carboxylic acids is 1. The molecule has 0 atom stereocenters. The molecule has 0 fully saturated rings. The number of nitrogens with zero attached hydrogens (tertiary/aromatic N) is 2. The molecule has 0 saturated carbocycles. The highest BCUT2D eigenvalue weighted by atomic mass is 16.5. The maximum absolute atomic E-state index is 12.5. The number of carboxylic acids is 1. The van der Waals surface area contributed by atoms with Gasteiger partial charge in [0.1, 0.15) is 6.61 Å². The standard InChI is InChI=1S/C22H16N4O4/c27-21(28)16-9-23-10-18-19(16)20(26-25-18)24-22(29)30-11-17-14-7-3-1-5-12(14)13-6-2-4-8-15(13)17/h1-10,17H,11H2,(H,27,28)(H2,24,25,26,29). The third kappa shape index (κ3) is 2.86. The number of pyridine rings is 1. The molecule has 5 rings (SSSR count). The number of carbonyl (C=O) groups is 2. The van der Waals surface area contributed by atoms with Crippen LogP contribution in [0.4, 0.5) is 10.6 Å². The number of fused-ring (bicyclic) bond motifs is 4. The van der Waals surface area contributed by atoms with Crippen LogP contribution in [0.1, 0.15) is 27.4 Å². The van der Waals surface area contributed by atoms with Crippen molar-refractivity contribution in [3.63, 3.8) is 0 Å². The van der Waals surface area contributed by atoms with Gasteiger partial charge in [-0.15, -0.1) is 0 Å². The first-order chi connectivity index (χ1) is 14.6. The van der Waals surface area contributed by atoms with Gasteiger partial charge in [-0.05, 0) is 22.3 Å². The summed E-state index contributed by atoms with van der Waals surface area (Å²) in [5.41, 5.74) is 4.84. The van der Waals surface area contributed by atoms with Crippen LogP contribution < -0.4 is 5.32 Å². The predicted molar refractivity (Wildman–Crippen MR) is 110 cm³/mol. The summed E-state index contributed by atoms with van der Waals surface area (Å²) in [6.07, 6.45) is 1.94. The molecule has 3 N–H and O–H groups in total. The van der Waals surface area contributed by atoms with Gasteiger partial charge in [0.2, 0.25) is 0 Å². The van der Waals surface area contributed by atoms with Gasteiger partial charge in [-0.3, -0.25) is 15.4 Å². The Bertz CT molecular complexity index is 1250. The van der Waals surface area contributed by atoms with Gasteiger partial charge in [0, 0.05) is 12.1 Å². The highest BCUT2D eigenvalue weighted by Crippen LogP contribution is 2.44. The summed E-state index contributed by atoms with van der Waals surface area (Å²) in [6.45, 7) is 0.148. The largest absolute Gasteiger partial charge is 0.478 e. The Morgan fingerprint density at radius 2 is 1.70 bits per heavy atom.